The first kappa shape index (κ1) is 13.3. The molecule has 0 aliphatic rings. The first-order chi connectivity index (χ1) is 9.27. The number of fused-ring (bicyclic) bond motifs is 1. The van der Waals surface area contributed by atoms with E-state index in [1.54, 1.807) is 0 Å². The van der Waals surface area contributed by atoms with Crippen LogP contribution in [0.3, 0.4) is 0 Å². The second-order valence-corrected chi connectivity index (χ2v) is 4.12. The molecule has 3 aromatic rings. The summed E-state index contributed by atoms with van der Waals surface area (Å²) in [5.74, 6) is 0. The zero-order valence-corrected chi connectivity index (χ0v) is 11.9. The first-order valence-corrected chi connectivity index (χ1v) is 6.63. The van der Waals surface area contributed by atoms with Crippen molar-refractivity contribution in [3.8, 4) is 11.3 Å². The van der Waals surface area contributed by atoms with E-state index in [-0.39, 0.29) is 0 Å². The van der Waals surface area contributed by atoms with Gasteiger partial charge in [-0.3, -0.25) is 4.98 Å². The molecule has 0 atom stereocenters. The van der Waals surface area contributed by atoms with Crippen LogP contribution in [-0.4, -0.2) is 14.4 Å². The van der Waals surface area contributed by atoms with E-state index < -0.39 is 0 Å². The highest BCUT2D eigenvalue weighted by atomic mass is 15.0. The molecule has 2 aromatic heterocycles. The third-order valence-corrected chi connectivity index (χ3v) is 3.00. The number of imidazole rings is 1. The van der Waals surface area contributed by atoms with Crippen LogP contribution in [0.25, 0.3) is 16.9 Å². The van der Waals surface area contributed by atoms with Gasteiger partial charge in [-0.05, 0) is 13.8 Å². The van der Waals surface area contributed by atoms with Crippen molar-refractivity contribution in [2.45, 2.75) is 27.7 Å². The molecule has 98 valence electrons. The molecule has 1 aromatic carbocycles. The summed E-state index contributed by atoms with van der Waals surface area (Å²) in [7, 11) is 0. The van der Waals surface area contributed by atoms with Crippen LogP contribution in [0.4, 0.5) is 0 Å². The molecule has 0 N–H and O–H groups in total. The van der Waals surface area contributed by atoms with Gasteiger partial charge in [-0.2, -0.15) is 0 Å². The van der Waals surface area contributed by atoms with Gasteiger partial charge < -0.3 is 4.40 Å². The van der Waals surface area contributed by atoms with Crippen LogP contribution in [0, 0.1) is 13.8 Å². The number of benzene rings is 1. The van der Waals surface area contributed by atoms with Crippen LogP contribution in [0.15, 0.2) is 42.7 Å². The lowest BCUT2D eigenvalue weighted by molar-refractivity contribution is 1.04. The lowest BCUT2D eigenvalue weighted by Crippen LogP contribution is -1.91. The van der Waals surface area contributed by atoms with Gasteiger partial charge in [-0.25, -0.2) is 4.98 Å². The highest BCUT2D eigenvalue weighted by Crippen LogP contribution is 2.23. The summed E-state index contributed by atoms with van der Waals surface area (Å²) in [6, 6.07) is 10.2. The van der Waals surface area contributed by atoms with Crippen molar-refractivity contribution in [2.24, 2.45) is 0 Å². The van der Waals surface area contributed by atoms with Gasteiger partial charge in [0.1, 0.15) is 0 Å². The van der Waals surface area contributed by atoms with Crippen molar-refractivity contribution in [1.29, 1.82) is 0 Å². The molecule has 0 aliphatic carbocycles. The van der Waals surface area contributed by atoms with Crippen molar-refractivity contribution in [3.63, 3.8) is 0 Å². The van der Waals surface area contributed by atoms with Gasteiger partial charge in [-0.1, -0.05) is 44.2 Å². The normalized spacial score (nSPS) is 10.1. The minimum atomic E-state index is 0.934. The Morgan fingerprint density at radius 3 is 2.32 bits per heavy atom. The highest BCUT2D eigenvalue weighted by Gasteiger charge is 2.11. The monoisotopic (exact) mass is 253 g/mol. The summed E-state index contributed by atoms with van der Waals surface area (Å²) >= 11 is 0. The van der Waals surface area contributed by atoms with Gasteiger partial charge in [0.25, 0.3) is 0 Å². The van der Waals surface area contributed by atoms with Crippen LogP contribution in [-0.2, 0) is 0 Å². The summed E-state index contributed by atoms with van der Waals surface area (Å²) in [5, 5.41) is 0. The van der Waals surface area contributed by atoms with E-state index in [0.29, 0.717) is 0 Å². The Morgan fingerprint density at radius 2 is 1.68 bits per heavy atom. The molecule has 3 rings (SSSR count). The van der Waals surface area contributed by atoms with Crippen molar-refractivity contribution >= 4 is 5.65 Å². The molecule has 3 heteroatoms. The standard InChI is InChI=1S/C14H13N3.C2H6/c1-10-14-16-13(12-6-4-3-5-7-12)11(2)17(14)9-8-15-10;1-2/h3-9H,1-2H3;1-2H3. The van der Waals surface area contributed by atoms with E-state index in [4.69, 9.17) is 0 Å². The van der Waals surface area contributed by atoms with E-state index in [1.165, 1.54) is 0 Å². The van der Waals surface area contributed by atoms with E-state index in [9.17, 15) is 0 Å². The zero-order valence-electron chi connectivity index (χ0n) is 11.9. The third kappa shape index (κ3) is 2.36. The predicted molar refractivity (Wildman–Crippen MR) is 79.2 cm³/mol. The molecular formula is C16H19N3. The van der Waals surface area contributed by atoms with Gasteiger partial charge >= 0.3 is 0 Å². The third-order valence-electron chi connectivity index (χ3n) is 3.00. The zero-order chi connectivity index (χ0) is 13.8. The van der Waals surface area contributed by atoms with Gasteiger partial charge in [0, 0.05) is 23.7 Å². The van der Waals surface area contributed by atoms with Crippen molar-refractivity contribution < 1.29 is 0 Å². The Morgan fingerprint density at radius 1 is 1.00 bits per heavy atom. The van der Waals surface area contributed by atoms with E-state index in [1.807, 2.05) is 51.4 Å². The Hall–Kier alpha value is -2.16. The first-order valence-electron chi connectivity index (χ1n) is 6.63. The molecule has 3 nitrogen and oxygen atoms in total. The van der Waals surface area contributed by atoms with E-state index in [0.717, 1.165) is 28.3 Å². The van der Waals surface area contributed by atoms with Crippen molar-refractivity contribution in [1.82, 2.24) is 14.4 Å². The number of nitrogens with zero attached hydrogens (tertiary/aromatic N) is 3. The van der Waals surface area contributed by atoms with Gasteiger partial charge in [0.2, 0.25) is 0 Å². The number of hydrogen-bond acceptors (Lipinski definition) is 2. The molecule has 19 heavy (non-hydrogen) atoms. The molecule has 2 heterocycles. The Kier molecular flexibility index (Phi) is 3.95. The maximum absolute atomic E-state index is 4.68. The molecule has 0 amide bonds. The summed E-state index contributed by atoms with van der Waals surface area (Å²) in [6.45, 7) is 8.07. The summed E-state index contributed by atoms with van der Waals surface area (Å²) in [4.78, 5) is 8.95. The maximum atomic E-state index is 4.68. The average Bonchev–Trinajstić information content (AvgIpc) is 2.81. The Balaban J connectivity index is 0.000000637. The Bertz CT molecular complexity index is 669. The van der Waals surface area contributed by atoms with Crippen LogP contribution < -0.4 is 0 Å². The molecule has 0 spiro atoms. The molecule has 0 unspecified atom stereocenters. The topological polar surface area (TPSA) is 30.2 Å². The fourth-order valence-electron chi connectivity index (χ4n) is 2.09. The minimum absolute atomic E-state index is 0.934. The largest absolute Gasteiger partial charge is 0.301 e. The van der Waals surface area contributed by atoms with Crippen molar-refractivity contribution in [2.75, 3.05) is 0 Å². The summed E-state index contributed by atoms with van der Waals surface area (Å²) in [6.07, 6.45) is 3.77. The second kappa shape index (κ2) is 5.65. The van der Waals surface area contributed by atoms with E-state index >= 15 is 0 Å². The average molecular weight is 253 g/mol. The number of aryl methyl sites for hydroxylation is 2. The molecule has 0 saturated heterocycles. The van der Waals surface area contributed by atoms with E-state index in [2.05, 4.69) is 33.4 Å². The smallest absolute Gasteiger partial charge is 0.159 e. The summed E-state index contributed by atoms with van der Waals surface area (Å²) < 4.78 is 2.09. The second-order valence-electron chi connectivity index (χ2n) is 4.12. The molecular weight excluding hydrogens is 234 g/mol. The molecule has 0 bridgehead atoms. The van der Waals surface area contributed by atoms with Crippen LogP contribution in [0.2, 0.25) is 0 Å². The quantitative estimate of drug-likeness (QED) is 0.655. The van der Waals surface area contributed by atoms with Gasteiger partial charge in [0.05, 0.1) is 11.4 Å². The number of hydrogen-bond donors (Lipinski definition) is 0. The van der Waals surface area contributed by atoms with Crippen LogP contribution in [0.5, 0.6) is 0 Å². The van der Waals surface area contributed by atoms with Gasteiger partial charge in [0.15, 0.2) is 5.65 Å². The number of aromatic nitrogens is 3. The SMILES string of the molecule is CC.Cc1nccn2c(C)c(-c3ccccc3)nc12. The summed E-state index contributed by atoms with van der Waals surface area (Å²) in [5.41, 5.74) is 5.22. The molecule has 0 radical (unpaired) electrons. The lowest BCUT2D eigenvalue weighted by atomic mass is 10.1. The maximum Gasteiger partial charge on any atom is 0.159 e. The molecule has 0 aliphatic heterocycles. The molecule has 0 fully saturated rings. The lowest BCUT2D eigenvalue weighted by Gasteiger charge is -1.98. The van der Waals surface area contributed by atoms with Crippen LogP contribution >= 0.6 is 0 Å². The van der Waals surface area contributed by atoms with Crippen molar-refractivity contribution in [3.05, 3.63) is 54.1 Å². The fraction of sp³-hybridized carbons (Fsp3) is 0.250. The fourth-order valence-corrected chi connectivity index (χ4v) is 2.09. The Labute approximate surface area is 114 Å². The minimum Gasteiger partial charge on any atom is -0.301 e. The van der Waals surface area contributed by atoms with Gasteiger partial charge in [-0.15, -0.1) is 0 Å². The van der Waals surface area contributed by atoms with Crippen LogP contribution in [0.1, 0.15) is 25.2 Å². The highest BCUT2D eigenvalue weighted by molar-refractivity contribution is 5.66. The predicted octanol–water partition coefficient (Wildman–Crippen LogP) is 4.04. The number of rotatable bonds is 1. The molecule has 0 saturated carbocycles.